The maximum absolute atomic E-state index is 12.8. The molecule has 5 N–H and O–H groups in total. The lowest BCUT2D eigenvalue weighted by Crippen LogP contribution is -2.44. The first-order valence-electron chi connectivity index (χ1n) is 8.30. The van der Waals surface area contributed by atoms with E-state index in [4.69, 9.17) is 63.7 Å². The first kappa shape index (κ1) is 23.2. The Hall–Kier alpha value is -1.48. The second kappa shape index (κ2) is 8.94. The Kier molecular flexibility index (Phi) is 6.91. The Morgan fingerprint density at radius 3 is 2.23 bits per heavy atom. The number of carbonyl (C=O) groups excluding carboxylic acids is 2. The molecule has 30 heavy (non-hydrogen) atoms. The first-order valence-corrected chi connectivity index (χ1v) is 10.6. The molecule has 2 aromatic carbocycles. The van der Waals surface area contributed by atoms with Crippen LogP contribution < -0.4 is 21.9 Å². The van der Waals surface area contributed by atoms with Gasteiger partial charge in [0.1, 0.15) is 4.33 Å². The monoisotopic (exact) mass is 524 g/mol. The van der Waals surface area contributed by atoms with Crippen LogP contribution in [0.3, 0.4) is 0 Å². The summed E-state index contributed by atoms with van der Waals surface area (Å²) in [5.41, 5.74) is 10.9. The zero-order valence-corrected chi connectivity index (χ0v) is 19.4. The SMILES string of the molecule is NC(=S)NNC(=O)c1cc(NC(=O)[C@H]2[C@H](c3cc(Cl)cc(Cl)c3)C2(Cl)Cl)ccc1Cl. The van der Waals surface area contributed by atoms with Crippen molar-refractivity contribution in [3.8, 4) is 0 Å². The van der Waals surface area contributed by atoms with Gasteiger partial charge < -0.3 is 11.1 Å². The van der Waals surface area contributed by atoms with Crippen molar-refractivity contribution in [3.63, 3.8) is 0 Å². The Morgan fingerprint density at radius 2 is 1.63 bits per heavy atom. The van der Waals surface area contributed by atoms with E-state index in [2.05, 4.69) is 28.4 Å². The molecule has 12 heteroatoms. The van der Waals surface area contributed by atoms with Crippen LogP contribution in [0.4, 0.5) is 5.69 Å². The van der Waals surface area contributed by atoms with Crippen LogP contribution in [0.5, 0.6) is 0 Å². The van der Waals surface area contributed by atoms with Crippen molar-refractivity contribution in [2.75, 3.05) is 5.32 Å². The average molecular weight is 527 g/mol. The molecule has 1 fully saturated rings. The summed E-state index contributed by atoms with van der Waals surface area (Å²) >= 11 is 35.5. The second-order valence-corrected chi connectivity index (χ2v) is 9.62. The van der Waals surface area contributed by atoms with E-state index in [-0.39, 0.29) is 15.7 Å². The number of benzene rings is 2. The normalized spacial score (nSPS) is 19.0. The average Bonchev–Trinajstić information content (AvgIpc) is 3.22. The summed E-state index contributed by atoms with van der Waals surface area (Å²) in [7, 11) is 0. The lowest BCUT2D eigenvalue weighted by molar-refractivity contribution is -0.117. The Bertz CT molecular complexity index is 1030. The highest BCUT2D eigenvalue weighted by Gasteiger charge is 2.67. The van der Waals surface area contributed by atoms with Crippen molar-refractivity contribution in [2.24, 2.45) is 11.7 Å². The molecular formula is C18H13Cl5N4O2S. The van der Waals surface area contributed by atoms with Crippen LogP contribution in [-0.4, -0.2) is 21.3 Å². The molecule has 0 aliphatic heterocycles. The molecule has 3 rings (SSSR count). The fraction of sp³-hybridized carbons (Fsp3) is 0.167. The molecule has 1 aliphatic carbocycles. The zero-order valence-electron chi connectivity index (χ0n) is 14.8. The summed E-state index contributed by atoms with van der Waals surface area (Å²) in [4.78, 5) is 25.0. The third kappa shape index (κ3) is 5.04. The van der Waals surface area contributed by atoms with Crippen LogP contribution in [0.15, 0.2) is 36.4 Å². The number of hydrogen-bond donors (Lipinski definition) is 4. The molecule has 0 unspecified atom stereocenters. The summed E-state index contributed by atoms with van der Waals surface area (Å²) in [5.74, 6) is -2.27. The van der Waals surface area contributed by atoms with Gasteiger partial charge >= 0.3 is 0 Å². The van der Waals surface area contributed by atoms with E-state index in [1.165, 1.54) is 18.2 Å². The highest BCUT2D eigenvalue weighted by Crippen LogP contribution is 2.65. The molecule has 2 aromatic rings. The van der Waals surface area contributed by atoms with Crippen molar-refractivity contribution >= 4 is 92.8 Å². The van der Waals surface area contributed by atoms with Crippen molar-refractivity contribution in [3.05, 3.63) is 62.6 Å². The number of alkyl halides is 2. The summed E-state index contributed by atoms with van der Waals surface area (Å²) in [6.45, 7) is 0. The van der Waals surface area contributed by atoms with E-state index in [1.807, 2.05) is 0 Å². The van der Waals surface area contributed by atoms with Gasteiger partial charge in [-0.05, 0) is 54.2 Å². The smallest absolute Gasteiger partial charge is 0.271 e. The molecule has 1 saturated carbocycles. The van der Waals surface area contributed by atoms with Crippen LogP contribution in [-0.2, 0) is 4.79 Å². The Balaban J connectivity index is 1.77. The van der Waals surface area contributed by atoms with Gasteiger partial charge in [0.2, 0.25) is 5.91 Å². The van der Waals surface area contributed by atoms with Gasteiger partial charge in [-0.2, -0.15) is 0 Å². The standard InChI is InChI=1S/C18H13Cl5N4O2S/c19-8-3-7(4-9(20)5-8)13-14(18(13,22)23)16(29)25-10-1-2-12(21)11(6-10)15(28)26-27-17(24)30/h1-6,13-14H,(H,25,29)(H,26,28)(H3,24,27,30)/t13-,14+/m0/s1. The number of carbonyl (C=O) groups is 2. The minimum atomic E-state index is -1.33. The fourth-order valence-electron chi connectivity index (χ4n) is 3.01. The van der Waals surface area contributed by atoms with Gasteiger partial charge in [-0.25, -0.2) is 0 Å². The molecule has 2 atom stereocenters. The molecule has 1 aliphatic rings. The third-order valence-electron chi connectivity index (χ3n) is 4.36. The summed E-state index contributed by atoms with van der Waals surface area (Å²) in [5, 5.41) is 3.55. The molecule has 158 valence electrons. The van der Waals surface area contributed by atoms with Crippen molar-refractivity contribution in [1.82, 2.24) is 10.9 Å². The summed E-state index contributed by atoms with van der Waals surface area (Å²) in [6.07, 6.45) is 0. The molecule has 0 heterocycles. The van der Waals surface area contributed by atoms with Gasteiger partial charge in [-0.1, -0.05) is 34.8 Å². The number of hydrogen-bond acceptors (Lipinski definition) is 3. The van der Waals surface area contributed by atoms with Gasteiger partial charge in [0.25, 0.3) is 5.91 Å². The lowest BCUT2D eigenvalue weighted by atomic mass is 10.1. The van der Waals surface area contributed by atoms with Gasteiger partial charge in [-0.3, -0.25) is 20.4 Å². The second-order valence-electron chi connectivity index (χ2n) is 6.46. The Labute approximate surface area is 202 Å². The van der Waals surface area contributed by atoms with E-state index in [0.717, 1.165) is 0 Å². The topological polar surface area (TPSA) is 96.2 Å². The van der Waals surface area contributed by atoms with Crippen LogP contribution in [0, 0.1) is 5.92 Å². The number of amides is 2. The first-order chi connectivity index (χ1) is 14.0. The predicted molar refractivity (Wildman–Crippen MR) is 125 cm³/mol. The molecule has 0 radical (unpaired) electrons. The molecule has 0 spiro atoms. The van der Waals surface area contributed by atoms with Crippen LogP contribution >= 0.6 is 70.2 Å². The van der Waals surface area contributed by atoms with E-state index in [0.29, 0.717) is 21.3 Å². The number of thiocarbonyl (C=S) groups is 1. The third-order valence-corrected chi connectivity index (χ3v) is 6.17. The van der Waals surface area contributed by atoms with Crippen molar-refractivity contribution < 1.29 is 9.59 Å². The molecule has 0 saturated heterocycles. The molecule has 6 nitrogen and oxygen atoms in total. The van der Waals surface area contributed by atoms with Gasteiger partial charge in [0.05, 0.1) is 16.5 Å². The van der Waals surface area contributed by atoms with E-state index in [1.54, 1.807) is 18.2 Å². The Morgan fingerprint density at radius 1 is 1.00 bits per heavy atom. The highest BCUT2D eigenvalue weighted by atomic mass is 35.5. The summed E-state index contributed by atoms with van der Waals surface area (Å²) in [6, 6.07) is 9.28. The van der Waals surface area contributed by atoms with Crippen LogP contribution in [0.25, 0.3) is 0 Å². The maximum atomic E-state index is 12.8. The van der Waals surface area contributed by atoms with E-state index < -0.39 is 28.0 Å². The fourth-order valence-corrected chi connectivity index (χ4v) is 4.63. The maximum Gasteiger partial charge on any atom is 0.271 e. The van der Waals surface area contributed by atoms with Crippen molar-refractivity contribution in [1.29, 1.82) is 0 Å². The number of rotatable bonds is 4. The minimum Gasteiger partial charge on any atom is -0.375 e. The zero-order chi connectivity index (χ0) is 22.2. The highest BCUT2D eigenvalue weighted by molar-refractivity contribution is 7.80. The van der Waals surface area contributed by atoms with Crippen LogP contribution in [0.1, 0.15) is 21.8 Å². The van der Waals surface area contributed by atoms with Gasteiger partial charge in [-0.15, -0.1) is 23.2 Å². The minimum absolute atomic E-state index is 0.0928. The quantitative estimate of drug-likeness (QED) is 0.264. The number of anilines is 1. The van der Waals surface area contributed by atoms with Crippen molar-refractivity contribution in [2.45, 2.75) is 10.3 Å². The van der Waals surface area contributed by atoms with E-state index >= 15 is 0 Å². The molecule has 0 aromatic heterocycles. The van der Waals surface area contributed by atoms with Crippen LogP contribution in [0.2, 0.25) is 15.1 Å². The number of nitrogens with one attached hydrogen (secondary N) is 3. The van der Waals surface area contributed by atoms with Gasteiger partial charge in [0.15, 0.2) is 5.11 Å². The van der Waals surface area contributed by atoms with Gasteiger partial charge in [0, 0.05) is 21.7 Å². The molecule has 2 amide bonds. The number of hydrazine groups is 1. The lowest BCUT2D eigenvalue weighted by Gasteiger charge is -2.10. The molecular weight excluding hydrogens is 514 g/mol. The number of halogens is 5. The summed E-state index contributed by atoms with van der Waals surface area (Å²) < 4.78 is -1.33. The largest absolute Gasteiger partial charge is 0.375 e. The molecule has 0 bridgehead atoms. The van der Waals surface area contributed by atoms with E-state index in [9.17, 15) is 9.59 Å². The number of nitrogens with two attached hydrogens (primary N) is 1. The predicted octanol–water partition coefficient (Wildman–Crippen LogP) is 4.65.